The Balaban J connectivity index is 2.20. The first kappa shape index (κ1) is 18.0. The van der Waals surface area contributed by atoms with Gasteiger partial charge in [-0.25, -0.2) is 8.42 Å². The van der Waals surface area contributed by atoms with E-state index in [0.29, 0.717) is 25.4 Å². The van der Waals surface area contributed by atoms with E-state index in [2.05, 4.69) is 4.90 Å². The van der Waals surface area contributed by atoms with E-state index in [1.807, 2.05) is 7.05 Å². The molecule has 23 heavy (non-hydrogen) atoms. The summed E-state index contributed by atoms with van der Waals surface area (Å²) in [7, 11) is 2.84. The number of morpholine rings is 1. The lowest BCUT2D eigenvalue weighted by Gasteiger charge is -2.32. The summed E-state index contributed by atoms with van der Waals surface area (Å²) in [5, 5.41) is 0. The van der Waals surface area contributed by atoms with Gasteiger partial charge in [0, 0.05) is 32.7 Å². The van der Waals surface area contributed by atoms with Crippen molar-refractivity contribution in [2.24, 2.45) is 0 Å². The molecule has 0 aliphatic carbocycles. The number of likely N-dealkylation sites (N-methyl/N-ethyl adjacent to an activating group) is 2. The third-order valence-corrected chi connectivity index (χ3v) is 5.72. The standard InChI is InChI=1S/C15H24N2O5S/c1-16-7-8-22-13(10-16)11-17(2)23(18,19)15-6-5-12(20-3)9-14(15)21-4/h5-6,9,13H,7-8,10-11H2,1-4H3. The molecule has 1 fully saturated rings. The average molecular weight is 344 g/mol. The Kier molecular flexibility index (Phi) is 5.85. The molecular formula is C15H24N2O5S. The molecule has 1 saturated heterocycles. The largest absolute Gasteiger partial charge is 0.497 e. The number of ether oxygens (including phenoxy) is 3. The molecule has 7 nitrogen and oxygen atoms in total. The maximum absolute atomic E-state index is 12.8. The number of hydrogen-bond donors (Lipinski definition) is 0. The van der Waals surface area contributed by atoms with Crippen LogP contribution in [0, 0.1) is 0 Å². The highest BCUT2D eigenvalue weighted by Gasteiger charge is 2.29. The molecule has 0 N–H and O–H groups in total. The highest BCUT2D eigenvalue weighted by Crippen LogP contribution is 2.30. The highest BCUT2D eigenvalue weighted by atomic mass is 32.2. The Morgan fingerprint density at radius 1 is 1.35 bits per heavy atom. The van der Waals surface area contributed by atoms with E-state index < -0.39 is 10.0 Å². The van der Waals surface area contributed by atoms with Crippen LogP contribution in [0.5, 0.6) is 11.5 Å². The Hall–Kier alpha value is -1.35. The molecule has 1 atom stereocenters. The van der Waals surface area contributed by atoms with Crippen molar-refractivity contribution >= 4 is 10.0 Å². The molecule has 1 aliphatic heterocycles. The molecule has 2 rings (SSSR count). The molecule has 0 bridgehead atoms. The van der Waals surface area contributed by atoms with Gasteiger partial charge in [-0.1, -0.05) is 0 Å². The van der Waals surface area contributed by atoms with Gasteiger partial charge in [0.25, 0.3) is 0 Å². The van der Waals surface area contributed by atoms with Gasteiger partial charge < -0.3 is 19.1 Å². The summed E-state index contributed by atoms with van der Waals surface area (Å²) in [6, 6.07) is 4.66. The van der Waals surface area contributed by atoms with Crippen molar-refractivity contribution in [3.8, 4) is 11.5 Å². The monoisotopic (exact) mass is 344 g/mol. The summed E-state index contributed by atoms with van der Waals surface area (Å²) in [5.74, 6) is 0.804. The number of benzene rings is 1. The van der Waals surface area contributed by atoms with Gasteiger partial charge >= 0.3 is 0 Å². The maximum atomic E-state index is 12.8. The molecule has 1 unspecified atom stereocenters. The van der Waals surface area contributed by atoms with Gasteiger partial charge in [0.15, 0.2) is 0 Å². The highest BCUT2D eigenvalue weighted by molar-refractivity contribution is 7.89. The minimum atomic E-state index is -3.67. The van der Waals surface area contributed by atoms with E-state index in [4.69, 9.17) is 14.2 Å². The van der Waals surface area contributed by atoms with Crippen molar-refractivity contribution in [1.29, 1.82) is 0 Å². The van der Waals surface area contributed by atoms with Crippen molar-refractivity contribution in [1.82, 2.24) is 9.21 Å². The number of rotatable bonds is 6. The third kappa shape index (κ3) is 4.14. The topological polar surface area (TPSA) is 68.3 Å². The molecule has 1 aromatic carbocycles. The normalized spacial score (nSPS) is 19.8. The van der Waals surface area contributed by atoms with E-state index in [-0.39, 0.29) is 16.7 Å². The van der Waals surface area contributed by atoms with Crippen LogP contribution in [0.2, 0.25) is 0 Å². The molecular weight excluding hydrogens is 320 g/mol. The molecule has 0 saturated carbocycles. The summed E-state index contributed by atoms with van der Waals surface area (Å²) in [4.78, 5) is 2.25. The van der Waals surface area contributed by atoms with E-state index in [1.165, 1.54) is 24.6 Å². The lowest BCUT2D eigenvalue weighted by atomic mass is 10.3. The fourth-order valence-electron chi connectivity index (χ4n) is 2.52. The second-order valence-corrected chi connectivity index (χ2v) is 7.57. The van der Waals surface area contributed by atoms with Gasteiger partial charge in [-0.3, -0.25) is 0 Å². The van der Waals surface area contributed by atoms with Crippen LogP contribution in [0.25, 0.3) is 0 Å². The predicted octanol–water partition coefficient (Wildman–Crippen LogP) is 0.655. The van der Waals surface area contributed by atoms with Crippen LogP contribution in [0.1, 0.15) is 0 Å². The predicted molar refractivity (Wildman–Crippen MR) is 86.6 cm³/mol. The molecule has 0 spiro atoms. The van der Waals surface area contributed by atoms with Crippen molar-refractivity contribution in [2.45, 2.75) is 11.0 Å². The summed E-state index contributed by atoms with van der Waals surface area (Å²) >= 11 is 0. The molecule has 1 aliphatic rings. The summed E-state index contributed by atoms with van der Waals surface area (Å²) < 4.78 is 42.9. The van der Waals surface area contributed by atoms with Crippen LogP contribution >= 0.6 is 0 Å². The summed E-state index contributed by atoms with van der Waals surface area (Å²) in [6.07, 6.45) is -0.141. The number of nitrogens with zero attached hydrogens (tertiary/aromatic N) is 2. The zero-order chi connectivity index (χ0) is 17.0. The van der Waals surface area contributed by atoms with Gasteiger partial charge in [0.1, 0.15) is 16.4 Å². The van der Waals surface area contributed by atoms with Crippen LogP contribution in [-0.2, 0) is 14.8 Å². The van der Waals surface area contributed by atoms with E-state index >= 15 is 0 Å². The van der Waals surface area contributed by atoms with Crippen molar-refractivity contribution in [3.05, 3.63) is 18.2 Å². The maximum Gasteiger partial charge on any atom is 0.246 e. The first-order valence-electron chi connectivity index (χ1n) is 7.37. The van der Waals surface area contributed by atoms with Crippen LogP contribution in [0.15, 0.2) is 23.1 Å². The molecule has 130 valence electrons. The fraction of sp³-hybridized carbons (Fsp3) is 0.600. The first-order chi connectivity index (χ1) is 10.9. The number of sulfonamides is 1. The van der Waals surface area contributed by atoms with Gasteiger partial charge in [-0.15, -0.1) is 0 Å². The van der Waals surface area contributed by atoms with E-state index in [9.17, 15) is 8.42 Å². The second-order valence-electron chi connectivity index (χ2n) is 5.56. The minimum absolute atomic E-state index is 0.118. The van der Waals surface area contributed by atoms with E-state index in [0.717, 1.165) is 6.54 Å². The van der Waals surface area contributed by atoms with Crippen LogP contribution in [-0.4, -0.2) is 78.3 Å². The second kappa shape index (κ2) is 7.48. The lowest BCUT2D eigenvalue weighted by molar-refractivity contribution is -0.0247. The molecule has 0 amide bonds. The number of methoxy groups -OCH3 is 2. The SMILES string of the molecule is COc1ccc(S(=O)(=O)N(C)CC2CN(C)CCO2)c(OC)c1. The first-order valence-corrected chi connectivity index (χ1v) is 8.81. The third-order valence-electron chi connectivity index (χ3n) is 3.86. The van der Waals surface area contributed by atoms with Crippen LogP contribution < -0.4 is 9.47 Å². The minimum Gasteiger partial charge on any atom is -0.497 e. The molecule has 0 radical (unpaired) electrons. The van der Waals surface area contributed by atoms with E-state index in [1.54, 1.807) is 19.2 Å². The summed E-state index contributed by atoms with van der Waals surface area (Å²) in [6.45, 7) is 2.47. The number of hydrogen-bond acceptors (Lipinski definition) is 6. The van der Waals surface area contributed by atoms with Crippen molar-refractivity contribution < 1.29 is 22.6 Å². The molecule has 0 aromatic heterocycles. The molecule has 1 aromatic rings. The van der Waals surface area contributed by atoms with Gasteiger partial charge in [0.05, 0.1) is 26.9 Å². The zero-order valence-electron chi connectivity index (χ0n) is 14.0. The fourth-order valence-corrected chi connectivity index (χ4v) is 3.85. The molecule has 1 heterocycles. The van der Waals surface area contributed by atoms with Crippen LogP contribution in [0.4, 0.5) is 0 Å². The Bertz CT molecular complexity index is 635. The zero-order valence-corrected chi connectivity index (χ0v) is 14.8. The van der Waals surface area contributed by atoms with Crippen molar-refractivity contribution in [3.63, 3.8) is 0 Å². The quantitative estimate of drug-likeness (QED) is 0.755. The van der Waals surface area contributed by atoms with Crippen LogP contribution in [0.3, 0.4) is 0 Å². The van der Waals surface area contributed by atoms with Crippen molar-refractivity contribution in [2.75, 3.05) is 54.6 Å². The smallest absolute Gasteiger partial charge is 0.246 e. The average Bonchev–Trinajstić information content (AvgIpc) is 2.54. The Morgan fingerprint density at radius 3 is 2.70 bits per heavy atom. The Morgan fingerprint density at radius 2 is 2.09 bits per heavy atom. The molecule has 8 heteroatoms. The van der Waals surface area contributed by atoms with Gasteiger partial charge in [-0.2, -0.15) is 4.31 Å². The van der Waals surface area contributed by atoms with Gasteiger partial charge in [-0.05, 0) is 19.2 Å². The lowest BCUT2D eigenvalue weighted by Crippen LogP contribution is -2.46. The summed E-state index contributed by atoms with van der Waals surface area (Å²) in [5.41, 5.74) is 0. The Labute approximate surface area is 137 Å². The van der Waals surface area contributed by atoms with Gasteiger partial charge in [0.2, 0.25) is 10.0 Å².